The number of carbonyl (C=O) groups is 1. The highest BCUT2D eigenvalue weighted by molar-refractivity contribution is 5.76. The molecule has 1 saturated heterocycles. The quantitative estimate of drug-likeness (QED) is 0.874. The van der Waals surface area contributed by atoms with Gasteiger partial charge in [-0.1, -0.05) is 38.1 Å². The van der Waals surface area contributed by atoms with Crippen LogP contribution in [0.2, 0.25) is 0 Å². The molecule has 1 amide bonds. The van der Waals surface area contributed by atoms with Gasteiger partial charge in [0.15, 0.2) is 0 Å². The molecule has 0 saturated carbocycles. The van der Waals surface area contributed by atoms with E-state index in [2.05, 4.69) is 60.3 Å². The number of amides is 1. The van der Waals surface area contributed by atoms with E-state index in [0.29, 0.717) is 18.9 Å². The van der Waals surface area contributed by atoms with E-state index in [4.69, 9.17) is 0 Å². The van der Waals surface area contributed by atoms with Gasteiger partial charge < -0.3 is 10.2 Å². The molecule has 1 heterocycles. The molecule has 4 heteroatoms. The van der Waals surface area contributed by atoms with Crippen LogP contribution in [0, 0.1) is 5.92 Å². The minimum Gasteiger partial charge on any atom is -0.352 e. The number of nitrogens with one attached hydrogen (secondary N) is 1. The number of rotatable bonds is 6. The molecule has 0 aromatic heterocycles. The lowest BCUT2D eigenvalue weighted by Gasteiger charge is -2.32. The number of likely N-dealkylation sites (N-methyl/N-ethyl adjacent to an activating group) is 1. The fourth-order valence-corrected chi connectivity index (χ4v) is 2.77. The summed E-state index contributed by atoms with van der Waals surface area (Å²) in [6, 6.07) is 8.45. The Bertz CT molecular complexity index is 479. The van der Waals surface area contributed by atoms with Crippen LogP contribution in [0.4, 0.5) is 0 Å². The minimum atomic E-state index is 0.143. The molecule has 1 N–H and O–H groups in total. The molecule has 1 aromatic rings. The summed E-state index contributed by atoms with van der Waals surface area (Å²) in [6.45, 7) is 10.2. The summed E-state index contributed by atoms with van der Waals surface area (Å²) >= 11 is 0. The van der Waals surface area contributed by atoms with Crippen molar-refractivity contribution in [1.29, 1.82) is 0 Å². The first-order valence-electron chi connectivity index (χ1n) is 8.29. The molecule has 0 radical (unpaired) electrons. The van der Waals surface area contributed by atoms with Crippen LogP contribution in [0.1, 0.15) is 31.4 Å². The monoisotopic (exact) mass is 303 g/mol. The maximum absolute atomic E-state index is 11.8. The molecule has 0 atom stereocenters. The van der Waals surface area contributed by atoms with E-state index in [9.17, 15) is 4.79 Å². The fourth-order valence-electron chi connectivity index (χ4n) is 2.77. The number of piperazine rings is 1. The summed E-state index contributed by atoms with van der Waals surface area (Å²) in [5.74, 6) is 0.546. The van der Waals surface area contributed by atoms with Crippen molar-refractivity contribution in [3.8, 4) is 0 Å². The van der Waals surface area contributed by atoms with Gasteiger partial charge in [-0.05, 0) is 24.1 Å². The van der Waals surface area contributed by atoms with Crippen molar-refractivity contribution in [2.75, 3.05) is 33.2 Å². The number of benzene rings is 1. The Balaban J connectivity index is 1.90. The molecule has 22 heavy (non-hydrogen) atoms. The lowest BCUT2D eigenvalue weighted by atomic mass is 10.1. The van der Waals surface area contributed by atoms with Crippen molar-refractivity contribution in [3.05, 3.63) is 35.4 Å². The SMILES string of the molecule is CC(C)CC(=O)NCc1ccccc1CN1CCN(C)CC1. The van der Waals surface area contributed by atoms with Gasteiger partial charge in [-0.3, -0.25) is 9.69 Å². The van der Waals surface area contributed by atoms with Crippen LogP contribution in [-0.4, -0.2) is 48.9 Å². The Morgan fingerprint density at radius 2 is 1.77 bits per heavy atom. The largest absolute Gasteiger partial charge is 0.352 e. The summed E-state index contributed by atoms with van der Waals surface area (Å²) in [7, 11) is 2.18. The average Bonchev–Trinajstić information content (AvgIpc) is 2.48. The highest BCUT2D eigenvalue weighted by atomic mass is 16.1. The van der Waals surface area contributed by atoms with Gasteiger partial charge >= 0.3 is 0 Å². The normalized spacial score (nSPS) is 16.9. The molecule has 0 spiro atoms. The van der Waals surface area contributed by atoms with Crippen molar-refractivity contribution >= 4 is 5.91 Å². The van der Waals surface area contributed by atoms with E-state index in [1.54, 1.807) is 0 Å². The summed E-state index contributed by atoms with van der Waals surface area (Å²) < 4.78 is 0. The van der Waals surface area contributed by atoms with Gasteiger partial charge in [0.1, 0.15) is 0 Å². The second-order valence-corrected chi connectivity index (χ2v) is 6.72. The van der Waals surface area contributed by atoms with Crippen LogP contribution in [0.25, 0.3) is 0 Å². The molecule has 1 aliphatic heterocycles. The Morgan fingerprint density at radius 3 is 2.41 bits per heavy atom. The topological polar surface area (TPSA) is 35.6 Å². The van der Waals surface area contributed by atoms with Crippen molar-refractivity contribution in [3.63, 3.8) is 0 Å². The number of nitrogens with zero attached hydrogens (tertiary/aromatic N) is 2. The molecule has 0 bridgehead atoms. The van der Waals surface area contributed by atoms with E-state index in [1.807, 2.05) is 0 Å². The predicted molar refractivity (Wildman–Crippen MR) is 90.5 cm³/mol. The molecular formula is C18H29N3O. The Kier molecular flexibility index (Phi) is 6.40. The summed E-state index contributed by atoms with van der Waals surface area (Å²) in [4.78, 5) is 16.7. The lowest BCUT2D eigenvalue weighted by Crippen LogP contribution is -2.44. The van der Waals surface area contributed by atoms with E-state index >= 15 is 0 Å². The van der Waals surface area contributed by atoms with Crippen molar-refractivity contribution in [2.24, 2.45) is 5.92 Å². The van der Waals surface area contributed by atoms with Crippen molar-refractivity contribution in [2.45, 2.75) is 33.4 Å². The molecule has 1 aliphatic rings. The van der Waals surface area contributed by atoms with Gasteiger partial charge in [0.05, 0.1) is 0 Å². The Morgan fingerprint density at radius 1 is 1.14 bits per heavy atom. The third-order valence-corrected chi connectivity index (χ3v) is 4.18. The van der Waals surface area contributed by atoms with Crippen LogP contribution in [-0.2, 0) is 17.9 Å². The van der Waals surface area contributed by atoms with Crippen molar-refractivity contribution < 1.29 is 4.79 Å². The standard InChI is InChI=1S/C18H29N3O/c1-15(2)12-18(22)19-13-16-6-4-5-7-17(16)14-21-10-8-20(3)9-11-21/h4-7,15H,8-14H2,1-3H3,(H,19,22). The fraction of sp³-hybridized carbons (Fsp3) is 0.611. The summed E-state index contributed by atoms with van der Waals surface area (Å²) in [5.41, 5.74) is 2.57. The summed E-state index contributed by atoms with van der Waals surface area (Å²) in [5, 5.41) is 3.05. The van der Waals surface area contributed by atoms with E-state index in [1.165, 1.54) is 11.1 Å². The van der Waals surface area contributed by atoms with Gasteiger partial charge in [0, 0.05) is 45.7 Å². The molecule has 4 nitrogen and oxygen atoms in total. The van der Waals surface area contributed by atoms with Gasteiger partial charge in [0.2, 0.25) is 5.91 Å². The number of hydrogen-bond donors (Lipinski definition) is 1. The molecule has 0 unspecified atom stereocenters. The van der Waals surface area contributed by atoms with E-state index in [-0.39, 0.29) is 5.91 Å². The average molecular weight is 303 g/mol. The van der Waals surface area contributed by atoms with E-state index in [0.717, 1.165) is 32.7 Å². The lowest BCUT2D eigenvalue weighted by molar-refractivity contribution is -0.121. The molecule has 122 valence electrons. The maximum atomic E-state index is 11.8. The highest BCUT2D eigenvalue weighted by Crippen LogP contribution is 2.13. The zero-order chi connectivity index (χ0) is 15.9. The van der Waals surface area contributed by atoms with Crippen LogP contribution < -0.4 is 5.32 Å². The summed E-state index contributed by atoms with van der Waals surface area (Å²) in [6.07, 6.45) is 0.598. The van der Waals surface area contributed by atoms with E-state index < -0.39 is 0 Å². The third-order valence-electron chi connectivity index (χ3n) is 4.18. The Hall–Kier alpha value is -1.39. The molecular weight excluding hydrogens is 274 g/mol. The first-order chi connectivity index (χ1) is 10.5. The molecule has 1 fully saturated rings. The van der Waals surface area contributed by atoms with Gasteiger partial charge in [-0.25, -0.2) is 0 Å². The highest BCUT2D eigenvalue weighted by Gasteiger charge is 2.15. The first kappa shape index (κ1) is 17.0. The second kappa shape index (κ2) is 8.30. The van der Waals surface area contributed by atoms with Gasteiger partial charge in [-0.2, -0.15) is 0 Å². The van der Waals surface area contributed by atoms with Crippen LogP contribution in [0.3, 0.4) is 0 Å². The molecule has 2 rings (SSSR count). The van der Waals surface area contributed by atoms with Gasteiger partial charge in [0.25, 0.3) is 0 Å². The number of hydrogen-bond acceptors (Lipinski definition) is 3. The minimum absolute atomic E-state index is 0.143. The van der Waals surface area contributed by atoms with Gasteiger partial charge in [-0.15, -0.1) is 0 Å². The zero-order valence-corrected chi connectivity index (χ0v) is 14.1. The smallest absolute Gasteiger partial charge is 0.220 e. The third kappa shape index (κ3) is 5.43. The van der Waals surface area contributed by atoms with Crippen LogP contribution in [0.15, 0.2) is 24.3 Å². The second-order valence-electron chi connectivity index (χ2n) is 6.72. The molecule has 0 aliphatic carbocycles. The molecule has 1 aromatic carbocycles. The zero-order valence-electron chi connectivity index (χ0n) is 14.1. The van der Waals surface area contributed by atoms with Crippen LogP contribution >= 0.6 is 0 Å². The first-order valence-corrected chi connectivity index (χ1v) is 8.29. The number of carbonyl (C=O) groups excluding carboxylic acids is 1. The Labute approximate surface area is 134 Å². The predicted octanol–water partition coefficient (Wildman–Crippen LogP) is 2.10. The van der Waals surface area contributed by atoms with Crippen LogP contribution in [0.5, 0.6) is 0 Å². The maximum Gasteiger partial charge on any atom is 0.220 e. The van der Waals surface area contributed by atoms with Crippen molar-refractivity contribution in [1.82, 2.24) is 15.1 Å².